The van der Waals surface area contributed by atoms with Gasteiger partial charge in [-0.05, 0) is 23.4 Å². The second-order valence-corrected chi connectivity index (χ2v) is 8.54. The lowest BCUT2D eigenvalue weighted by atomic mass is 9.99. The summed E-state index contributed by atoms with van der Waals surface area (Å²) in [5, 5.41) is 5.33. The van der Waals surface area contributed by atoms with E-state index in [1.165, 1.54) is 0 Å². The molecule has 0 aliphatic carbocycles. The maximum Gasteiger partial charge on any atom is 0.297 e. The highest BCUT2D eigenvalue weighted by Crippen LogP contribution is 2.32. The van der Waals surface area contributed by atoms with Crippen molar-refractivity contribution >= 4 is 28.5 Å². The third kappa shape index (κ3) is 3.48. The Morgan fingerprint density at radius 2 is 2.03 bits per heavy atom. The predicted molar refractivity (Wildman–Crippen MR) is 109 cm³/mol. The van der Waals surface area contributed by atoms with E-state index in [0.717, 1.165) is 34.6 Å². The van der Waals surface area contributed by atoms with Gasteiger partial charge in [-0.2, -0.15) is 16.9 Å². The Hall–Kier alpha value is -2.55. The highest BCUT2D eigenvalue weighted by atomic mass is 32.2. The molecule has 4 heterocycles. The number of aryl methyl sites for hydroxylation is 1. The Balaban J connectivity index is 1.36. The molecule has 9 heteroatoms. The van der Waals surface area contributed by atoms with Crippen molar-refractivity contribution in [3.63, 3.8) is 0 Å². The summed E-state index contributed by atoms with van der Waals surface area (Å²) in [5.41, 5.74) is 2.51. The van der Waals surface area contributed by atoms with Crippen LogP contribution in [-0.2, 0) is 18.7 Å². The maximum atomic E-state index is 13.2. The van der Waals surface area contributed by atoms with Crippen LogP contribution in [0.4, 0.5) is 14.6 Å². The van der Waals surface area contributed by atoms with E-state index in [4.69, 9.17) is 0 Å². The van der Waals surface area contributed by atoms with E-state index >= 15 is 0 Å². The summed E-state index contributed by atoms with van der Waals surface area (Å²) in [6.07, 6.45) is -1.83. The number of anilines is 1. The average molecular weight is 415 g/mol. The van der Waals surface area contributed by atoms with Crippen molar-refractivity contribution < 1.29 is 8.78 Å². The lowest BCUT2D eigenvalue weighted by molar-refractivity contribution is 0.140. The third-order valence-electron chi connectivity index (χ3n) is 5.39. The number of hydrogen-bond acceptors (Lipinski definition) is 6. The van der Waals surface area contributed by atoms with Gasteiger partial charge in [0.05, 0.1) is 17.8 Å². The monoisotopic (exact) mass is 415 g/mol. The Labute approximate surface area is 170 Å². The van der Waals surface area contributed by atoms with E-state index in [0.29, 0.717) is 31.0 Å². The van der Waals surface area contributed by atoms with Gasteiger partial charge in [0.25, 0.3) is 12.0 Å². The van der Waals surface area contributed by atoms with Gasteiger partial charge >= 0.3 is 0 Å². The second-order valence-electron chi connectivity index (χ2n) is 7.43. The van der Waals surface area contributed by atoms with Crippen LogP contribution < -0.4 is 10.5 Å². The molecule has 0 amide bonds. The van der Waals surface area contributed by atoms with Crippen molar-refractivity contribution in [3.8, 4) is 0 Å². The van der Waals surface area contributed by atoms with Crippen molar-refractivity contribution in [2.75, 3.05) is 23.7 Å². The van der Waals surface area contributed by atoms with Crippen molar-refractivity contribution in [2.45, 2.75) is 25.1 Å². The molecule has 1 saturated heterocycles. The van der Waals surface area contributed by atoms with Crippen LogP contribution in [0.15, 0.2) is 35.1 Å². The molecule has 2 aliphatic heterocycles. The molecule has 29 heavy (non-hydrogen) atoms. The molecule has 5 rings (SSSR count). The minimum atomic E-state index is -2.72. The van der Waals surface area contributed by atoms with Crippen LogP contribution >= 0.6 is 11.8 Å². The minimum absolute atomic E-state index is 0.0721. The highest BCUT2D eigenvalue weighted by Gasteiger charge is 2.31. The van der Waals surface area contributed by atoms with Crippen LogP contribution in [0, 0.1) is 5.92 Å². The van der Waals surface area contributed by atoms with Crippen molar-refractivity contribution in [1.82, 2.24) is 19.7 Å². The quantitative estimate of drug-likeness (QED) is 0.653. The summed E-state index contributed by atoms with van der Waals surface area (Å²) in [5.74, 6) is 2.18. The first-order valence-corrected chi connectivity index (χ1v) is 10.7. The first kappa shape index (κ1) is 18.5. The van der Waals surface area contributed by atoms with Gasteiger partial charge < -0.3 is 4.90 Å². The molecular formula is C20H19F2N5OS. The summed E-state index contributed by atoms with van der Waals surface area (Å²) in [6, 6.07) is 8.90. The summed E-state index contributed by atoms with van der Waals surface area (Å²) in [6.45, 7) is 1.82. The summed E-state index contributed by atoms with van der Waals surface area (Å²) in [4.78, 5) is 22.4. The molecule has 1 aromatic carbocycles. The fraction of sp³-hybridized carbons (Fsp3) is 0.400. The molecule has 2 aliphatic rings. The van der Waals surface area contributed by atoms with Crippen LogP contribution in [0.2, 0.25) is 0 Å². The van der Waals surface area contributed by atoms with Gasteiger partial charge in [-0.1, -0.05) is 12.1 Å². The smallest absolute Gasteiger partial charge is 0.297 e. The minimum Gasteiger partial charge on any atom is -0.355 e. The molecule has 0 radical (unpaired) electrons. The fourth-order valence-corrected chi connectivity index (χ4v) is 4.85. The number of benzene rings is 1. The third-order valence-corrected chi connectivity index (χ3v) is 6.40. The zero-order chi connectivity index (χ0) is 20.0. The fourth-order valence-electron chi connectivity index (χ4n) is 3.90. The number of rotatable bonds is 4. The molecule has 0 spiro atoms. The van der Waals surface area contributed by atoms with Crippen molar-refractivity contribution in [1.29, 1.82) is 0 Å². The lowest BCUT2D eigenvalue weighted by Crippen LogP contribution is -2.50. The lowest BCUT2D eigenvalue weighted by Gasteiger charge is -2.40. The molecular weight excluding hydrogens is 396 g/mol. The van der Waals surface area contributed by atoms with Gasteiger partial charge in [-0.25, -0.2) is 23.4 Å². The first-order valence-electron chi connectivity index (χ1n) is 9.56. The molecule has 3 aromatic rings. The topological polar surface area (TPSA) is 63.9 Å². The van der Waals surface area contributed by atoms with Gasteiger partial charge in [0.15, 0.2) is 5.82 Å². The zero-order valence-corrected chi connectivity index (χ0v) is 16.4. The van der Waals surface area contributed by atoms with Crippen LogP contribution in [0.1, 0.15) is 23.5 Å². The number of hydrogen-bond donors (Lipinski definition) is 0. The number of para-hydroxylation sites is 1. The van der Waals surface area contributed by atoms with E-state index in [1.54, 1.807) is 22.9 Å². The Morgan fingerprint density at radius 1 is 1.21 bits per heavy atom. The molecule has 150 valence electrons. The zero-order valence-electron chi connectivity index (χ0n) is 15.6. The maximum absolute atomic E-state index is 13.2. The Kier molecular flexibility index (Phi) is 4.69. The SMILES string of the molecule is O=c1cc2c(nn1CC1CN(c3nc(C(F)F)nc4ccccc34)C1)CCSC2. The number of fused-ring (bicyclic) bond motifs is 2. The summed E-state index contributed by atoms with van der Waals surface area (Å²) >= 11 is 1.82. The predicted octanol–water partition coefficient (Wildman–Crippen LogP) is 3.05. The van der Waals surface area contributed by atoms with E-state index in [2.05, 4.69) is 15.1 Å². The van der Waals surface area contributed by atoms with Crippen LogP contribution in [-0.4, -0.2) is 38.6 Å². The van der Waals surface area contributed by atoms with Gasteiger partial charge in [-0.3, -0.25) is 4.79 Å². The largest absolute Gasteiger partial charge is 0.355 e. The van der Waals surface area contributed by atoms with Gasteiger partial charge in [0, 0.05) is 42.6 Å². The van der Waals surface area contributed by atoms with E-state index < -0.39 is 12.2 Å². The van der Waals surface area contributed by atoms with Gasteiger partial charge in [0.2, 0.25) is 0 Å². The molecule has 0 atom stereocenters. The highest BCUT2D eigenvalue weighted by molar-refractivity contribution is 7.98. The normalized spacial score (nSPS) is 16.9. The van der Waals surface area contributed by atoms with Gasteiger partial charge in [0.1, 0.15) is 5.82 Å². The van der Waals surface area contributed by atoms with Crippen molar-refractivity contribution in [3.05, 3.63) is 57.8 Å². The molecule has 0 unspecified atom stereocenters. The second kappa shape index (κ2) is 7.37. The number of nitrogens with zero attached hydrogens (tertiary/aromatic N) is 5. The number of aromatic nitrogens is 4. The standard InChI is InChI=1S/C20H19F2N5OS/c21-18(22)19-23-16-4-2-1-3-14(16)20(24-19)26-8-12(9-26)10-27-17(28)7-13-11-29-6-5-15(13)25-27/h1-4,7,12,18H,5-6,8-11H2. The Morgan fingerprint density at radius 3 is 2.86 bits per heavy atom. The number of thioether (sulfide) groups is 1. The first-order chi connectivity index (χ1) is 14.1. The Bertz CT molecular complexity index is 1130. The molecule has 2 aromatic heterocycles. The molecule has 1 fully saturated rings. The van der Waals surface area contributed by atoms with Crippen LogP contribution in [0.3, 0.4) is 0 Å². The van der Waals surface area contributed by atoms with Gasteiger partial charge in [-0.15, -0.1) is 0 Å². The number of alkyl halides is 2. The average Bonchev–Trinajstić information content (AvgIpc) is 2.70. The summed E-state index contributed by atoms with van der Waals surface area (Å²) in [7, 11) is 0. The van der Waals surface area contributed by atoms with E-state index in [1.807, 2.05) is 28.8 Å². The van der Waals surface area contributed by atoms with E-state index in [9.17, 15) is 13.6 Å². The molecule has 0 bridgehead atoms. The summed E-state index contributed by atoms with van der Waals surface area (Å²) < 4.78 is 28.0. The number of halogens is 2. The molecule has 0 N–H and O–H groups in total. The molecule has 6 nitrogen and oxygen atoms in total. The van der Waals surface area contributed by atoms with Crippen LogP contribution in [0.25, 0.3) is 10.9 Å². The molecule has 0 saturated carbocycles. The van der Waals surface area contributed by atoms with Crippen molar-refractivity contribution in [2.24, 2.45) is 5.92 Å². The van der Waals surface area contributed by atoms with E-state index in [-0.39, 0.29) is 11.5 Å². The van der Waals surface area contributed by atoms with Crippen LogP contribution in [0.5, 0.6) is 0 Å².